The molecule has 2 aromatic heterocycles. The van der Waals surface area contributed by atoms with Crippen LogP contribution in [0, 0.1) is 12.7 Å². The van der Waals surface area contributed by atoms with Gasteiger partial charge in [0.1, 0.15) is 5.82 Å². The van der Waals surface area contributed by atoms with Crippen LogP contribution in [0.15, 0.2) is 30.5 Å². The first-order valence-corrected chi connectivity index (χ1v) is 11.4. The van der Waals surface area contributed by atoms with Crippen molar-refractivity contribution < 1.29 is 17.4 Å². The lowest BCUT2D eigenvalue weighted by Gasteiger charge is -2.28. The number of rotatable bonds is 5. The topological polar surface area (TPSA) is 71.0 Å². The van der Waals surface area contributed by atoms with Crippen LogP contribution in [0.3, 0.4) is 0 Å². The SMILES string of the molecule is Cc1nnc(N[C@H](C)c2cccc(C(F)F)c2F)c2cc(N3CCS(=O)CC3)cnc12. The van der Waals surface area contributed by atoms with Crippen molar-refractivity contribution in [3.8, 4) is 0 Å². The van der Waals surface area contributed by atoms with Crippen LogP contribution in [0.1, 0.15) is 36.2 Å². The van der Waals surface area contributed by atoms with E-state index < -0.39 is 34.6 Å². The van der Waals surface area contributed by atoms with E-state index in [4.69, 9.17) is 0 Å². The summed E-state index contributed by atoms with van der Waals surface area (Å²) in [6.45, 7) is 4.81. The minimum atomic E-state index is -2.89. The molecule has 1 aliphatic heterocycles. The van der Waals surface area contributed by atoms with Gasteiger partial charge in [-0.25, -0.2) is 13.2 Å². The number of benzene rings is 1. The van der Waals surface area contributed by atoms with E-state index in [2.05, 4.69) is 25.4 Å². The van der Waals surface area contributed by atoms with Crippen LogP contribution in [-0.4, -0.2) is 44.0 Å². The number of hydrogen-bond donors (Lipinski definition) is 1. The van der Waals surface area contributed by atoms with Crippen molar-refractivity contribution in [3.05, 3.63) is 53.1 Å². The van der Waals surface area contributed by atoms with Crippen molar-refractivity contribution in [2.45, 2.75) is 26.3 Å². The molecule has 1 atom stereocenters. The summed E-state index contributed by atoms with van der Waals surface area (Å²) in [5, 5.41) is 12.2. The van der Waals surface area contributed by atoms with Gasteiger partial charge in [0.05, 0.1) is 34.7 Å². The Labute approximate surface area is 180 Å². The molecule has 0 spiro atoms. The lowest BCUT2D eigenvalue weighted by Crippen LogP contribution is -2.37. The number of aryl methyl sites for hydroxylation is 1. The predicted molar refractivity (Wildman–Crippen MR) is 116 cm³/mol. The summed E-state index contributed by atoms with van der Waals surface area (Å²) in [6.07, 6.45) is -1.14. The standard InChI is InChI=1S/C21H22F3N5OS/c1-12(15-4-3-5-16(18(15)22)20(23)24)26-21-17-10-14(29-6-8-31(30)9-7-29)11-25-19(17)13(2)27-28-21/h3-5,10-12,20H,6-9H2,1-2H3,(H,26,28)/t12-/m1/s1. The van der Waals surface area contributed by atoms with Crippen LogP contribution < -0.4 is 10.2 Å². The van der Waals surface area contributed by atoms with Gasteiger partial charge < -0.3 is 10.2 Å². The molecule has 4 rings (SSSR count). The number of hydrogen-bond acceptors (Lipinski definition) is 6. The van der Waals surface area contributed by atoms with Gasteiger partial charge in [0.25, 0.3) is 6.43 Å². The van der Waals surface area contributed by atoms with Gasteiger partial charge in [0.15, 0.2) is 5.82 Å². The molecule has 3 aromatic rings. The summed E-state index contributed by atoms with van der Waals surface area (Å²) >= 11 is 0. The van der Waals surface area contributed by atoms with Crippen LogP contribution in [0.5, 0.6) is 0 Å². The van der Waals surface area contributed by atoms with Gasteiger partial charge in [0.2, 0.25) is 0 Å². The Bertz CT molecular complexity index is 1130. The summed E-state index contributed by atoms with van der Waals surface area (Å²) < 4.78 is 52.4. The average molecular weight is 450 g/mol. The molecule has 0 amide bonds. The molecule has 6 nitrogen and oxygen atoms in total. The lowest BCUT2D eigenvalue weighted by atomic mass is 10.0. The van der Waals surface area contributed by atoms with Crippen molar-refractivity contribution in [1.29, 1.82) is 0 Å². The Hall–Kier alpha value is -2.75. The van der Waals surface area contributed by atoms with Crippen LogP contribution in [0.4, 0.5) is 24.7 Å². The van der Waals surface area contributed by atoms with Gasteiger partial charge in [0, 0.05) is 46.3 Å². The van der Waals surface area contributed by atoms with Crippen molar-refractivity contribution in [1.82, 2.24) is 15.2 Å². The molecule has 31 heavy (non-hydrogen) atoms. The number of halogens is 3. The minimum absolute atomic E-state index is 0.121. The van der Waals surface area contributed by atoms with Gasteiger partial charge in [-0.15, -0.1) is 5.10 Å². The van der Waals surface area contributed by atoms with Crippen LogP contribution in [0.25, 0.3) is 10.9 Å². The monoisotopic (exact) mass is 449 g/mol. The maximum absolute atomic E-state index is 14.6. The van der Waals surface area contributed by atoms with Crippen molar-refractivity contribution in [2.75, 3.05) is 34.8 Å². The number of pyridine rings is 1. The second kappa shape index (κ2) is 8.78. The van der Waals surface area contributed by atoms with E-state index in [9.17, 15) is 17.4 Å². The molecular weight excluding hydrogens is 427 g/mol. The normalized spacial score (nSPS) is 16.1. The molecule has 1 N–H and O–H groups in total. The smallest absolute Gasteiger partial charge is 0.266 e. The quantitative estimate of drug-likeness (QED) is 0.631. The van der Waals surface area contributed by atoms with Gasteiger partial charge >= 0.3 is 0 Å². The van der Waals surface area contributed by atoms with Gasteiger partial charge in [-0.3, -0.25) is 9.19 Å². The second-order valence-corrected chi connectivity index (χ2v) is 9.17. The number of nitrogens with zero attached hydrogens (tertiary/aromatic N) is 4. The van der Waals surface area contributed by atoms with E-state index in [0.29, 0.717) is 47.0 Å². The lowest BCUT2D eigenvalue weighted by molar-refractivity contribution is 0.146. The molecule has 3 heterocycles. The summed E-state index contributed by atoms with van der Waals surface area (Å²) in [5.41, 5.74) is 1.66. The number of anilines is 2. The summed E-state index contributed by atoms with van der Waals surface area (Å²) in [7, 11) is -0.792. The highest BCUT2D eigenvalue weighted by Crippen LogP contribution is 2.31. The Balaban J connectivity index is 1.69. The Kier molecular flexibility index (Phi) is 6.08. The third-order valence-corrected chi connectivity index (χ3v) is 6.70. The largest absolute Gasteiger partial charge is 0.368 e. The van der Waals surface area contributed by atoms with E-state index in [1.54, 1.807) is 20.0 Å². The molecule has 1 aliphatic rings. The second-order valence-electron chi connectivity index (χ2n) is 7.48. The third kappa shape index (κ3) is 4.34. The van der Waals surface area contributed by atoms with E-state index in [-0.39, 0.29) is 5.56 Å². The minimum Gasteiger partial charge on any atom is -0.368 e. The molecule has 0 bridgehead atoms. The van der Waals surface area contributed by atoms with Crippen molar-refractivity contribution >= 4 is 33.2 Å². The number of fused-ring (bicyclic) bond motifs is 1. The Morgan fingerprint density at radius 1 is 1.16 bits per heavy atom. The molecule has 0 aliphatic carbocycles. The van der Waals surface area contributed by atoms with E-state index in [0.717, 1.165) is 11.8 Å². The van der Waals surface area contributed by atoms with Crippen molar-refractivity contribution in [2.24, 2.45) is 0 Å². The Morgan fingerprint density at radius 3 is 2.58 bits per heavy atom. The zero-order chi connectivity index (χ0) is 22.1. The average Bonchev–Trinajstić information content (AvgIpc) is 2.76. The third-order valence-electron chi connectivity index (χ3n) is 5.43. The molecule has 1 saturated heterocycles. The molecule has 164 valence electrons. The molecular formula is C21H22F3N5OS. The molecule has 10 heteroatoms. The van der Waals surface area contributed by atoms with E-state index in [1.807, 2.05) is 6.07 Å². The predicted octanol–water partition coefficient (Wildman–Crippen LogP) is 4.15. The maximum atomic E-state index is 14.6. The van der Waals surface area contributed by atoms with Gasteiger partial charge in [-0.1, -0.05) is 18.2 Å². The van der Waals surface area contributed by atoms with E-state index >= 15 is 0 Å². The highest BCUT2D eigenvalue weighted by atomic mass is 32.2. The fraction of sp³-hybridized carbons (Fsp3) is 0.381. The summed E-state index contributed by atoms with van der Waals surface area (Å²) in [4.78, 5) is 6.65. The fourth-order valence-electron chi connectivity index (χ4n) is 3.68. The van der Waals surface area contributed by atoms with Crippen molar-refractivity contribution in [3.63, 3.8) is 0 Å². The molecule has 0 saturated carbocycles. The highest BCUT2D eigenvalue weighted by molar-refractivity contribution is 7.85. The Morgan fingerprint density at radius 2 is 1.87 bits per heavy atom. The number of aromatic nitrogens is 3. The summed E-state index contributed by atoms with van der Waals surface area (Å²) in [5.74, 6) is 0.674. The first kappa shape index (κ1) is 21.5. The number of alkyl halides is 2. The van der Waals surface area contributed by atoms with E-state index in [1.165, 1.54) is 12.1 Å². The first-order valence-electron chi connectivity index (χ1n) is 9.91. The fourth-order valence-corrected chi connectivity index (χ4v) is 4.73. The summed E-state index contributed by atoms with van der Waals surface area (Å²) in [6, 6.07) is 5.27. The van der Waals surface area contributed by atoms with Crippen LogP contribution in [0.2, 0.25) is 0 Å². The molecule has 0 unspecified atom stereocenters. The molecule has 0 radical (unpaired) electrons. The zero-order valence-electron chi connectivity index (χ0n) is 17.1. The van der Waals surface area contributed by atoms with Gasteiger partial charge in [-0.05, 0) is 19.9 Å². The first-order chi connectivity index (χ1) is 14.8. The van der Waals surface area contributed by atoms with Gasteiger partial charge in [-0.2, -0.15) is 5.10 Å². The van der Waals surface area contributed by atoms with Crippen LogP contribution in [-0.2, 0) is 10.8 Å². The maximum Gasteiger partial charge on any atom is 0.266 e. The van der Waals surface area contributed by atoms with Crippen LogP contribution >= 0.6 is 0 Å². The zero-order valence-corrected chi connectivity index (χ0v) is 17.9. The molecule has 1 fully saturated rings. The number of nitrogens with one attached hydrogen (secondary N) is 1. The molecule has 1 aromatic carbocycles. The highest BCUT2D eigenvalue weighted by Gasteiger charge is 2.21.